The van der Waals surface area contributed by atoms with E-state index in [-0.39, 0.29) is 6.71 Å². The third-order valence-corrected chi connectivity index (χ3v) is 27.8. The van der Waals surface area contributed by atoms with Gasteiger partial charge in [-0.2, -0.15) is 0 Å². The molecule has 0 atom stereocenters. The van der Waals surface area contributed by atoms with Crippen molar-refractivity contribution in [3.63, 3.8) is 0 Å². The monoisotopic (exact) mass is 1720 g/mol. The van der Waals surface area contributed by atoms with Gasteiger partial charge in [0.05, 0.1) is 5.69 Å². The van der Waals surface area contributed by atoms with Crippen molar-refractivity contribution in [1.82, 2.24) is 0 Å². The number of fused-ring (bicyclic) bond motifs is 4. The zero-order valence-electron chi connectivity index (χ0n) is 81.9. The van der Waals surface area contributed by atoms with Gasteiger partial charge in [-0.1, -0.05) is 341 Å². The molecule has 0 saturated heterocycles. The van der Waals surface area contributed by atoms with Gasteiger partial charge in [-0.3, -0.25) is 0 Å². The van der Waals surface area contributed by atoms with Crippen LogP contribution in [-0.4, -0.2) is 6.71 Å². The first kappa shape index (κ1) is 90.3. The molecule has 0 unspecified atom stereocenters. The standard InChI is InChI=1S/C125H134BN5/c1-24-88-65-107(80(8)9)121(108(66-88)81(10)11)89-45-53-100(54-46-89)127(101-55-47-90(48-56-101)122-109(82(12)13)67-93(77(2)3)68-110(122)83(14)15)104-61-63-115-117(73-104)130(98-41-33-27-34-42-98)119-75-106(129(96-37-29-25-30-38-96)97-39-31-26-32-40-97)76-120-125(119)126(115)116-64-62-105(74-118(116)131(120)99-43-35-28-36-44-99)128(102-57-49-91(50-58-102)123-111(84(16)17)69-94(78(4)5)70-112(123)85(18)19)103-59-51-92(52-60-103)124-113(86(20)21)71-95(79(6)7)72-114(124)87(22)23/h25-87H,24H2,1-23H3. The highest BCUT2D eigenvalue weighted by Crippen LogP contribution is 2.54. The van der Waals surface area contributed by atoms with Crippen LogP contribution in [0.25, 0.3) is 44.5 Å². The highest BCUT2D eigenvalue weighted by Gasteiger charge is 2.45. The molecule has 0 aromatic heterocycles. The Morgan fingerprint density at radius 2 is 0.435 bits per heavy atom. The number of para-hydroxylation sites is 4. The van der Waals surface area contributed by atoms with Crippen molar-refractivity contribution in [1.29, 1.82) is 0 Å². The van der Waals surface area contributed by atoms with E-state index in [0.717, 1.165) is 91.7 Å². The minimum atomic E-state index is -0.250. The topological polar surface area (TPSA) is 16.2 Å². The average molecular weight is 1720 g/mol. The van der Waals surface area contributed by atoms with E-state index in [0.29, 0.717) is 65.1 Å². The first-order valence-electron chi connectivity index (χ1n) is 48.8. The van der Waals surface area contributed by atoms with E-state index < -0.39 is 0 Å². The maximum atomic E-state index is 2.59. The van der Waals surface area contributed by atoms with Gasteiger partial charge in [-0.25, -0.2) is 0 Å². The van der Waals surface area contributed by atoms with Crippen molar-refractivity contribution in [2.24, 2.45) is 0 Å². The summed E-state index contributed by atoms with van der Waals surface area (Å²) in [5.41, 5.74) is 47.0. The molecule has 2 aliphatic heterocycles. The fourth-order valence-electron chi connectivity index (χ4n) is 20.7. The van der Waals surface area contributed by atoms with Gasteiger partial charge >= 0.3 is 0 Å². The van der Waals surface area contributed by atoms with Crippen LogP contribution < -0.4 is 40.9 Å². The van der Waals surface area contributed by atoms with Gasteiger partial charge in [0.2, 0.25) is 0 Å². The Kier molecular flexibility index (Phi) is 26.0. The Bertz CT molecular complexity index is 6220. The quantitative estimate of drug-likeness (QED) is 0.0476. The number of nitrogens with zero attached hydrogens (tertiary/aromatic N) is 5. The van der Waals surface area contributed by atoms with Crippen molar-refractivity contribution in [2.75, 3.05) is 24.5 Å². The molecule has 0 fully saturated rings. The van der Waals surface area contributed by atoms with Crippen LogP contribution in [0.5, 0.6) is 0 Å². The number of hydrogen-bond acceptors (Lipinski definition) is 5. The highest BCUT2D eigenvalue weighted by atomic mass is 15.2. The number of aryl methyl sites for hydroxylation is 1. The van der Waals surface area contributed by atoms with Crippen molar-refractivity contribution >= 4 is 108 Å². The first-order valence-corrected chi connectivity index (χ1v) is 48.8. The molecule has 0 spiro atoms. The maximum absolute atomic E-state index is 2.59. The van der Waals surface area contributed by atoms with E-state index in [1.807, 2.05) is 0 Å². The maximum Gasteiger partial charge on any atom is 0.252 e. The van der Waals surface area contributed by atoms with Crippen LogP contribution in [0.15, 0.2) is 315 Å². The Hall–Kier alpha value is -12.6. The second-order valence-corrected chi connectivity index (χ2v) is 40.5. The zero-order chi connectivity index (χ0) is 92.2. The second kappa shape index (κ2) is 37.7. The molecular weight excluding hydrogens is 1580 g/mol. The zero-order valence-corrected chi connectivity index (χ0v) is 81.9. The molecule has 5 nitrogen and oxygen atoms in total. The molecule has 662 valence electrons. The average Bonchev–Trinajstić information content (AvgIpc) is 0.690. The molecule has 17 rings (SSSR count). The Balaban J connectivity index is 0.927. The van der Waals surface area contributed by atoms with Gasteiger partial charge in [-0.05, 0) is 333 Å². The molecule has 2 aliphatic rings. The molecule has 6 heteroatoms. The number of hydrogen-bond donors (Lipinski definition) is 0. The summed E-state index contributed by atoms with van der Waals surface area (Å²) in [6.45, 7) is 53.8. The number of rotatable bonds is 27. The molecule has 15 aromatic rings. The predicted octanol–water partition coefficient (Wildman–Crippen LogP) is 35.8. The molecule has 0 amide bonds. The van der Waals surface area contributed by atoms with Gasteiger partial charge < -0.3 is 24.5 Å². The number of anilines is 15. The molecule has 0 bridgehead atoms. The Morgan fingerprint density at radius 1 is 0.214 bits per heavy atom. The van der Waals surface area contributed by atoms with Crippen LogP contribution in [-0.2, 0) is 6.42 Å². The van der Waals surface area contributed by atoms with Gasteiger partial charge in [0.15, 0.2) is 0 Å². The second-order valence-electron chi connectivity index (χ2n) is 40.5. The van der Waals surface area contributed by atoms with Gasteiger partial charge in [0.25, 0.3) is 6.71 Å². The van der Waals surface area contributed by atoms with E-state index in [4.69, 9.17) is 0 Å². The Labute approximate surface area is 785 Å². The van der Waals surface area contributed by atoms with Gasteiger partial charge in [-0.15, -0.1) is 0 Å². The van der Waals surface area contributed by atoms with Gasteiger partial charge in [0.1, 0.15) is 0 Å². The van der Waals surface area contributed by atoms with E-state index in [1.54, 1.807) is 0 Å². The third-order valence-electron chi connectivity index (χ3n) is 27.8. The molecule has 2 heterocycles. The molecule has 0 radical (unpaired) electrons. The summed E-state index contributed by atoms with van der Waals surface area (Å²) in [4.78, 5) is 12.7. The molecule has 15 aromatic carbocycles. The van der Waals surface area contributed by atoms with Crippen molar-refractivity contribution in [3.8, 4) is 44.5 Å². The minimum Gasteiger partial charge on any atom is -0.311 e. The SMILES string of the molecule is CCc1cc(C(C)C)c(-c2ccc(N(c3ccc(-c4c(C(C)C)cc(C(C)C)cc4C(C)C)cc3)c3ccc4c(c3)N(c3ccccc3)c3cc(N(c5ccccc5)c5ccccc5)cc5c3B4c3ccc(N(c4ccc(-c6c(C(C)C)cc(C(C)C)cc6C(C)C)cc4)c4ccc(-c6c(C(C)C)cc(C(C)C)cc6C(C)C)cc4)cc3N5c3ccccc3)cc2)c(C(C)C)c1. The van der Waals surface area contributed by atoms with E-state index >= 15 is 0 Å². The van der Waals surface area contributed by atoms with E-state index in [9.17, 15) is 0 Å². The molecule has 0 saturated carbocycles. The van der Waals surface area contributed by atoms with Gasteiger partial charge in [0, 0.05) is 79.6 Å². The lowest BCUT2D eigenvalue weighted by atomic mass is 9.33. The van der Waals surface area contributed by atoms with E-state index in [1.165, 1.54) is 128 Å². The smallest absolute Gasteiger partial charge is 0.252 e. The lowest BCUT2D eigenvalue weighted by molar-refractivity contribution is 0.807. The Morgan fingerprint density at radius 3 is 0.679 bits per heavy atom. The van der Waals surface area contributed by atoms with Crippen molar-refractivity contribution in [3.05, 3.63) is 382 Å². The third kappa shape index (κ3) is 17.4. The summed E-state index contributed by atoms with van der Waals surface area (Å²) >= 11 is 0. The first-order chi connectivity index (χ1) is 63.0. The highest BCUT2D eigenvalue weighted by molar-refractivity contribution is 7.00. The number of benzene rings is 15. The lowest BCUT2D eigenvalue weighted by Gasteiger charge is -2.45. The van der Waals surface area contributed by atoms with Crippen molar-refractivity contribution in [2.45, 2.75) is 231 Å². The van der Waals surface area contributed by atoms with Crippen LogP contribution in [0.3, 0.4) is 0 Å². The molecule has 0 N–H and O–H groups in total. The van der Waals surface area contributed by atoms with Crippen LogP contribution in [0.2, 0.25) is 0 Å². The molecular formula is C125H134BN5. The largest absolute Gasteiger partial charge is 0.311 e. The summed E-state index contributed by atoms with van der Waals surface area (Å²) in [7, 11) is 0. The minimum absolute atomic E-state index is 0.250. The van der Waals surface area contributed by atoms with Crippen LogP contribution >= 0.6 is 0 Å². The van der Waals surface area contributed by atoms with Crippen LogP contribution in [0, 0.1) is 0 Å². The fraction of sp³-hybridized carbons (Fsp3) is 0.280. The molecule has 131 heavy (non-hydrogen) atoms. The predicted molar refractivity (Wildman–Crippen MR) is 571 cm³/mol. The fourth-order valence-corrected chi connectivity index (χ4v) is 20.7. The van der Waals surface area contributed by atoms with Crippen molar-refractivity contribution < 1.29 is 0 Å². The summed E-state index contributed by atoms with van der Waals surface area (Å²) < 4.78 is 0. The van der Waals surface area contributed by atoms with E-state index in [2.05, 4.69) is 499 Å². The van der Waals surface area contributed by atoms with Crippen LogP contribution in [0.4, 0.5) is 85.3 Å². The lowest BCUT2D eigenvalue weighted by Crippen LogP contribution is -2.61. The summed E-state index contributed by atoms with van der Waals surface area (Å²) in [6, 6.07) is 122. The summed E-state index contributed by atoms with van der Waals surface area (Å²) in [5.74, 6) is 3.87. The summed E-state index contributed by atoms with van der Waals surface area (Å²) in [6.07, 6.45) is 0.996. The van der Waals surface area contributed by atoms with Crippen LogP contribution in [0.1, 0.15) is 291 Å². The molecule has 0 aliphatic carbocycles. The summed E-state index contributed by atoms with van der Waals surface area (Å²) in [5, 5.41) is 0. The normalized spacial score (nSPS) is 12.5.